The number of rotatable bonds is 4. The zero-order valence-corrected chi connectivity index (χ0v) is 14.1. The van der Waals surface area contributed by atoms with Crippen LogP contribution in [0.15, 0.2) is 21.7 Å². The molecule has 0 saturated carbocycles. The van der Waals surface area contributed by atoms with Crippen LogP contribution < -0.4 is 11.2 Å². The number of carbonyl (C=O) groups is 1. The van der Waals surface area contributed by atoms with E-state index >= 15 is 0 Å². The molecule has 0 spiro atoms. The van der Waals surface area contributed by atoms with Crippen molar-refractivity contribution in [1.82, 2.24) is 19.4 Å². The number of aromatic nitrogens is 3. The Morgan fingerprint density at radius 1 is 1.30 bits per heavy atom. The quantitative estimate of drug-likeness (QED) is 0.915. The number of aryl methyl sites for hydroxylation is 1. The highest BCUT2D eigenvalue weighted by molar-refractivity contribution is 5.94. The first kappa shape index (κ1) is 16.9. The van der Waals surface area contributed by atoms with Gasteiger partial charge in [0.1, 0.15) is 11.3 Å². The Bertz CT molecular complexity index is 851. The van der Waals surface area contributed by atoms with Crippen LogP contribution >= 0.6 is 0 Å². The number of amides is 1. The molecule has 2 aromatic rings. The lowest BCUT2D eigenvalue weighted by molar-refractivity contribution is 0.0722. The van der Waals surface area contributed by atoms with Crippen LogP contribution in [0.2, 0.25) is 0 Å². The summed E-state index contributed by atoms with van der Waals surface area (Å²) >= 11 is 0. The largest absolute Gasteiger partial charge is 0.338 e. The number of hydrogen-bond acceptors (Lipinski definition) is 4. The second-order valence-corrected chi connectivity index (χ2v) is 6.28. The van der Waals surface area contributed by atoms with E-state index in [0.717, 1.165) is 6.42 Å². The fraction of sp³-hybridized carbons (Fsp3) is 0.500. The van der Waals surface area contributed by atoms with Crippen molar-refractivity contribution < 1.29 is 4.79 Å². The van der Waals surface area contributed by atoms with Gasteiger partial charge in [-0.25, -0.2) is 9.78 Å². The highest BCUT2D eigenvalue weighted by atomic mass is 16.2. The van der Waals surface area contributed by atoms with Crippen molar-refractivity contribution in [2.45, 2.75) is 33.2 Å². The summed E-state index contributed by atoms with van der Waals surface area (Å²) in [5.41, 5.74) is -0.636. The van der Waals surface area contributed by atoms with Crippen LogP contribution in [0.1, 0.15) is 37.7 Å². The first-order chi connectivity index (χ1) is 10.7. The molecule has 7 nitrogen and oxygen atoms in total. The maximum Gasteiger partial charge on any atom is 0.329 e. The Kier molecular flexibility index (Phi) is 4.68. The molecule has 124 valence electrons. The molecular formula is C16H22N4O3. The molecule has 0 aromatic carbocycles. The van der Waals surface area contributed by atoms with Crippen LogP contribution in [-0.4, -0.2) is 38.4 Å². The highest BCUT2D eigenvalue weighted by Gasteiger charge is 2.20. The third-order valence-corrected chi connectivity index (χ3v) is 3.98. The Hall–Kier alpha value is -2.44. The summed E-state index contributed by atoms with van der Waals surface area (Å²) in [5, 5.41) is 0.279. The molecule has 2 aromatic heterocycles. The number of H-pyrrole nitrogens is 1. The van der Waals surface area contributed by atoms with Crippen LogP contribution in [0.3, 0.4) is 0 Å². The van der Waals surface area contributed by atoms with Gasteiger partial charge in [-0.2, -0.15) is 0 Å². The van der Waals surface area contributed by atoms with Gasteiger partial charge in [-0.15, -0.1) is 0 Å². The lowest BCUT2D eigenvalue weighted by Crippen LogP contribution is -2.36. The molecule has 0 unspecified atom stereocenters. The van der Waals surface area contributed by atoms with E-state index in [0.29, 0.717) is 5.92 Å². The summed E-state index contributed by atoms with van der Waals surface area (Å²) < 4.78 is 1.23. The molecule has 0 saturated heterocycles. The van der Waals surface area contributed by atoms with E-state index in [2.05, 4.69) is 23.8 Å². The lowest BCUT2D eigenvalue weighted by Gasteiger charge is -2.26. The topological polar surface area (TPSA) is 88.1 Å². The van der Waals surface area contributed by atoms with E-state index in [4.69, 9.17) is 0 Å². The summed E-state index contributed by atoms with van der Waals surface area (Å²) in [4.78, 5) is 44.1. The van der Waals surface area contributed by atoms with Gasteiger partial charge in [0.2, 0.25) is 0 Å². The minimum absolute atomic E-state index is 0.0722. The minimum Gasteiger partial charge on any atom is -0.338 e. The molecule has 1 N–H and O–H groups in total. The summed E-state index contributed by atoms with van der Waals surface area (Å²) in [6, 6.07) is 3.11. The van der Waals surface area contributed by atoms with Crippen molar-refractivity contribution in [1.29, 1.82) is 0 Å². The third kappa shape index (κ3) is 3.33. The third-order valence-electron chi connectivity index (χ3n) is 3.98. The fourth-order valence-corrected chi connectivity index (χ4v) is 2.57. The number of aromatic amines is 1. The van der Waals surface area contributed by atoms with E-state index < -0.39 is 11.2 Å². The lowest BCUT2D eigenvalue weighted by atomic mass is 10.0. The van der Waals surface area contributed by atoms with Gasteiger partial charge in [-0.3, -0.25) is 19.1 Å². The average molecular weight is 318 g/mol. The number of nitrogens with one attached hydrogen (secondary N) is 1. The predicted molar refractivity (Wildman–Crippen MR) is 88.6 cm³/mol. The first-order valence-corrected chi connectivity index (χ1v) is 7.59. The van der Waals surface area contributed by atoms with Gasteiger partial charge in [-0.1, -0.05) is 13.8 Å². The van der Waals surface area contributed by atoms with Crippen LogP contribution in [0.25, 0.3) is 11.0 Å². The average Bonchev–Trinajstić information content (AvgIpc) is 2.50. The predicted octanol–water partition coefficient (Wildman–Crippen LogP) is 1.13. The van der Waals surface area contributed by atoms with Gasteiger partial charge in [0, 0.05) is 20.1 Å². The van der Waals surface area contributed by atoms with Gasteiger partial charge in [0.15, 0.2) is 0 Å². The molecule has 0 radical (unpaired) electrons. The summed E-state index contributed by atoms with van der Waals surface area (Å²) in [6.45, 7) is 6.19. The maximum absolute atomic E-state index is 12.6. The van der Waals surface area contributed by atoms with Gasteiger partial charge in [0.05, 0.1) is 5.39 Å². The van der Waals surface area contributed by atoms with Gasteiger partial charge >= 0.3 is 5.69 Å². The Morgan fingerprint density at radius 2 is 1.96 bits per heavy atom. The minimum atomic E-state index is -0.555. The van der Waals surface area contributed by atoms with E-state index in [9.17, 15) is 14.4 Å². The normalized spacial score (nSPS) is 12.6. The van der Waals surface area contributed by atoms with Gasteiger partial charge < -0.3 is 4.90 Å². The summed E-state index contributed by atoms with van der Waals surface area (Å²) in [5.74, 6) is 0.247. The number of carbonyl (C=O) groups excluding carboxylic acids is 1. The molecule has 1 atom stereocenters. The van der Waals surface area contributed by atoms with E-state index in [-0.39, 0.29) is 28.7 Å². The Balaban J connectivity index is 2.44. The fourth-order valence-electron chi connectivity index (χ4n) is 2.57. The molecule has 0 fully saturated rings. The molecule has 2 rings (SSSR count). The molecule has 0 aliphatic rings. The van der Waals surface area contributed by atoms with Crippen molar-refractivity contribution in [3.05, 3.63) is 38.7 Å². The standard InChI is InChI=1S/C16H22N4O3/c1-9(2)8-10(3)19(4)15(22)12-7-6-11-13(17-12)20(5)16(23)18-14(11)21/h6-7,9-10H,8H2,1-5H3,(H,18,21,23)/t10-/m0/s1. The molecule has 23 heavy (non-hydrogen) atoms. The number of fused-ring (bicyclic) bond motifs is 1. The Labute approximate surface area is 134 Å². The van der Waals surface area contributed by atoms with Crippen LogP contribution in [0.4, 0.5) is 0 Å². The first-order valence-electron chi connectivity index (χ1n) is 7.59. The Morgan fingerprint density at radius 3 is 2.57 bits per heavy atom. The number of nitrogens with zero attached hydrogens (tertiary/aromatic N) is 3. The van der Waals surface area contributed by atoms with Crippen LogP contribution in [-0.2, 0) is 7.05 Å². The molecule has 1 amide bonds. The monoisotopic (exact) mass is 318 g/mol. The van der Waals surface area contributed by atoms with Gasteiger partial charge in [0.25, 0.3) is 11.5 Å². The van der Waals surface area contributed by atoms with E-state index in [1.165, 1.54) is 23.7 Å². The molecule has 0 aliphatic carbocycles. The molecule has 2 heterocycles. The molecule has 0 aliphatic heterocycles. The zero-order valence-electron chi connectivity index (χ0n) is 14.1. The van der Waals surface area contributed by atoms with Crippen molar-refractivity contribution in [2.24, 2.45) is 13.0 Å². The van der Waals surface area contributed by atoms with E-state index in [1.807, 2.05) is 6.92 Å². The summed E-state index contributed by atoms with van der Waals surface area (Å²) in [6.07, 6.45) is 0.883. The van der Waals surface area contributed by atoms with Crippen molar-refractivity contribution in [2.75, 3.05) is 7.05 Å². The molecular weight excluding hydrogens is 296 g/mol. The van der Waals surface area contributed by atoms with Gasteiger partial charge in [-0.05, 0) is 31.4 Å². The smallest absolute Gasteiger partial charge is 0.329 e. The number of pyridine rings is 1. The van der Waals surface area contributed by atoms with E-state index in [1.54, 1.807) is 11.9 Å². The molecule has 7 heteroatoms. The number of hydrogen-bond donors (Lipinski definition) is 1. The maximum atomic E-state index is 12.6. The zero-order chi connectivity index (χ0) is 17.3. The SMILES string of the molecule is CC(C)C[C@H](C)N(C)C(=O)c1ccc2c(=O)[nH]c(=O)n(C)c2n1. The highest BCUT2D eigenvalue weighted by Crippen LogP contribution is 2.13. The second kappa shape index (κ2) is 6.36. The van der Waals surface area contributed by atoms with Crippen molar-refractivity contribution >= 4 is 16.9 Å². The second-order valence-electron chi connectivity index (χ2n) is 6.28. The summed E-state index contributed by atoms with van der Waals surface area (Å²) in [7, 11) is 3.24. The van der Waals surface area contributed by atoms with Crippen LogP contribution in [0.5, 0.6) is 0 Å². The molecule has 0 bridgehead atoms. The van der Waals surface area contributed by atoms with Crippen molar-refractivity contribution in [3.8, 4) is 0 Å². The van der Waals surface area contributed by atoms with Crippen LogP contribution in [0, 0.1) is 5.92 Å². The van der Waals surface area contributed by atoms with Crippen molar-refractivity contribution in [3.63, 3.8) is 0 Å².